The average Bonchev–Trinajstić information content (AvgIpc) is 3.09. The van der Waals surface area contributed by atoms with E-state index in [2.05, 4.69) is 31.2 Å². The summed E-state index contributed by atoms with van der Waals surface area (Å²) >= 11 is 6.52. The Morgan fingerprint density at radius 3 is 2.65 bits per heavy atom. The van der Waals surface area contributed by atoms with E-state index >= 15 is 0 Å². The summed E-state index contributed by atoms with van der Waals surface area (Å²) in [5.41, 5.74) is 2.94. The number of imide groups is 1. The Morgan fingerprint density at radius 2 is 1.88 bits per heavy atom. The molecule has 2 aromatic carbocycles. The number of hydrogen-bond donors (Lipinski definition) is 4. The summed E-state index contributed by atoms with van der Waals surface area (Å²) in [6, 6.07) is 15.0. The van der Waals surface area contributed by atoms with E-state index in [1.54, 1.807) is 19.3 Å². The fourth-order valence-electron chi connectivity index (χ4n) is 6.10. The van der Waals surface area contributed by atoms with Crippen LogP contribution in [0.1, 0.15) is 37.2 Å². The first-order valence-corrected chi connectivity index (χ1v) is 16.3. The molecule has 48 heavy (non-hydrogen) atoms. The number of ether oxygens (including phenoxy) is 1. The number of nitrogens with one attached hydrogen (secondary N) is 4. The number of halogens is 1. The number of aromatic nitrogens is 3. The molecule has 2 aliphatic heterocycles. The first-order valence-electron chi connectivity index (χ1n) is 15.9. The van der Waals surface area contributed by atoms with Gasteiger partial charge in [-0.25, -0.2) is 4.98 Å². The van der Waals surface area contributed by atoms with Crippen LogP contribution in [-0.4, -0.2) is 65.5 Å². The van der Waals surface area contributed by atoms with Crippen LogP contribution in [-0.2, 0) is 21.4 Å². The minimum Gasteiger partial charge on any atom is -0.478 e. The molecule has 0 aliphatic carbocycles. The van der Waals surface area contributed by atoms with Gasteiger partial charge in [0.2, 0.25) is 17.8 Å². The summed E-state index contributed by atoms with van der Waals surface area (Å²) in [6.07, 6.45) is 4.53. The van der Waals surface area contributed by atoms with E-state index in [0.717, 1.165) is 49.1 Å². The minimum absolute atomic E-state index is 0.0755. The van der Waals surface area contributed by atoms with Crippen molar-refractivity contribution in [3.63, 3.8) is 0 Å². The van der Waals surface area contributed by atoms with Crippen molar-refractivity contribution in [2.45, 2.75) is 31.6 Å². The third-order valence-corrected chi connectivity index (χ3v) is 9.05. The summed E-state index contributed by atoms with van der Waals surface area (Å²) < 4.78 is 6.96. The molecule has 2 aliphatic rings. The Hall–Kier alpha value is -5.17. The lowest BCUT2D eigenvalue weighted by Crippen LogP contribution is -2.39. The third-order valence-electron chi connectivity index (χ3n) is 8.77. The molecule has 3 amide bonds. The Bertz CT molecular complexity index is 1910. The molecule has 4 N–H and O–H groups in total. The molecule has 250 valence electrons. The van der Waals surface area contributed by atoms with Crippen molar-refractivity contribution < 1.29 is 19.1 Å². The van der Waals surface area contributed by atoms with Crippen LogP contribution in [0.25, 0.3) is 10.9 Å². The van der Waals surface area contributed by atoms with Gasteiger partial charge in [0, 0.05) is 56.9 Å². The lowest BCUT2D eigenvalue weighted by Gasteiger charge is -2.33. The van der Waals surface area contributed by atoms with Crippen molar-refractivity contribution in [1.82, 2.24) is 25.2 Å². The van der Waals surface area contributed by atoms with Gasteiger partial charge in [0.25, 0.3) is 11.5 Å². The van der Waals surface area contributed by atoms with E-state index < -0.39 is 0 Å². The Morgan fingerprint density at radius 1 is 1.08 bits per heavy atom. The number of anilines is 4. The SMILES string of the molecule is CNC(=O)COc1cc2cc(Nc3nc(N4CCCC(CNc5ccc(C6CCC(=O)NC6=O)cc5)C4)ncc3Cl)ccc2n(C)c1=O. The topological polar surface area (TPSA) is 160 Å². The molecule has 2 fully saturated rings. The van der Waals surface area contributed by atoms with E-state index in [0.29, 0.717) is 46.8 Å². The molecule has 2 aromatic heterocycles. The number of piperidine rings is 2. The maximum Gasteiger partial charge on any atom is 0.293 e. The highest BCUT2D eigenvalue weighted by Gasteiger charge is 2.28. The lowest BCUT2D eigenvalue weighted by atomic mass is 9.90. The summed E-state index contributed by atoms with van der Waals surface area (Å²) in [4.78, 5) is 59.6. The van der Waals surface area contributed by atoms with Gasteiger partial charge in [-0.3, -0.25) is 24.5 Å². The third kappa shape index (κ3) is 7.36. The molecule has 13 nitrogen and oxygen atoms in total. The van der Waals surface area contributed by atoms with Crippen LogP contribution in [0.4, 0.5) is 23.1 Å². The number of carbonyl (C=O) groups excluding carboxylic acids is 3. The van der Waals surface area contributed by atoms with Crippen LogP contribution in [0, 0.1) is 5.92 Å². The van der Waals surface area contributed by atoms with Crippen LogP contribution >= 0.6 is 11.6 Å². The number of amides is 3. The fraction of sp³-hybridized carbons (Fsp3) is 0.353. The predicted octanol–water partition coefficient (Wildman–Crippen LogP) is 3.70. The van der Waals surface area contributed by atoms with Crippen LogP contribution < -0.4 is 36.5 Å². The number of hydrogen-bond acceptors (Lipinski definition) is 10. The number of carbonyl (C=O) groups is 3. The van der Waals surface area contributed by atoms with Gasteiger partial charge in [0.15, 0.2) is 18.2 Å². The van der Waals surface area contributed by atoms with E-state index in [4.69, 9.17) is 21.3 Å². The summed E-state index contributed by atoms with van der Waals surface area (Å²) in [5.74, 6) is 0.384. The van der Waals surface area contributed by atoms with Crippen LogP contribution in [0.5, 0.6) is 5.75 Å². The molecule has 4 aromatic rings. The number of likely N-dealkylation sites (N-methyl/N-ethyl adjacent to an activating group) is 1. The number of nitrogens with zero attached hydrogens (tertiary/aromatic N) is 4. The van der Waals surface area contributed by atoms with Gasteiger partial charge in [-0.15, -0.1) is 0 Å². The normalized spacial score (nSPS) is 17.9. The molecule has 4 heterocycles. The second-order valence-electron chi connectivity index (χ2n) is 12.1. The fourth-order valence-corrected chi connectivity index (χ4v) is 6.24. The van der Waals surface area contributed by atoms with Gasteiger partial charge in [0.1, 0.15) is 5.02 Å². The Labute approximate surface area is 282 Å². The van der Waals surface area contributed by atoms with Gasteiger partial charge in [-0.05, 0) is 67.1 Å². The van der Waals surface area contributed by atoms with Crippen LogP contribution in [0.3, 0.4) is 0 Å². The van der Waals surface area contributed by atoms with Crippen molar-refractivity contribution in [2.75, 3.05) is 48.8 Å². The summed E-state index contributed by atoms with van der Waals surface area (Å²) in [5, 5.41) is 12.8. The highest BCUT2D eigenvalue weighted by Crippen LogP contribution is 2.30. The Kier molecular flexibility index (Phi) is 9.76. The van der Waals surface area contributed by atoms with Gasteiger partial charge in [-0.2, -0.15) is 4.98 Å². The molecule has 2 unspecified atom stereocenters. The Balaban J connectivity index is 1.10. The van der Waals surface area contributed by atoms with Gasteiger partial charge in [0.05, 0.1) is 17.6 Å². The van der Waals surface area contributed by atoms with Gasteiger partial charge < -0.3 is 30.2 Å². The van der Waals surface area contributed by atoms with Crippen molar-refractivity contribution >= 4 is 63.4 Å². The monoisotopic (exact) mass is 672 g/mol. The van der Waals surface area contributed by atoms with Crippen LogP contribution in [0.15, 0.2) is 59.5 Å². The van der Waals surface area contributed by atoms with E-state index in [1.165, 1.54) is 11.6 Å². The van der Waals surface area contributed by atoms with Gasteiger partial charge >= 0.3 is 0 Å². The largest absolute Gasteiger partial charge is 0.478 e. The van der Waals surface area contributed by atoms with Crippen molar-refractivity contribution in [2.24, 2.45) is 13.0 Å². The predicted molar refractivity (Wildman–Crippen MR) is 184 cm³/mol. The van der Waals surface area contributed by atoms with E-state index in [9.17, 15) is 19.2 Å². The highest BCUT2D eigenvalue weighted by molar-refractivity contribution is 6.32. The van der Waals surface area contributed by atoms with E-state index in [-0.39, 0.29) is 41.6 Å². The zero-order chi connectivity index (χ0) is 33.8. The first kappa shape index (κ1) is 32.8. The number of aryl methyl sites for hydroxylation is 1. The average molecular weight is 673 g/mol. The molecule has 2 saturated heterocycles. The highest BCUT2D eigenvalue weighted by atomic mass is 35.5. The molecular weight excluding hydrogens is 636 g/mol. The summed E-state index contributed by atoms with van der Waals surface area (Å²) in [6.45, 7) is 2.09. The lowest BCUT2D eigenvalue weighted by molar-refractivity contribution is -0.134. The molecule has 14 heteroatoms. The molecule has 6 rings (SSSR count). The van der Waals surface area contributed by atoms with Gasteiger partial charge in [-0.1, -0.05) is 23.7 Å². The van der Waals surface area contributed by atoms with Crippen molar-refractivity contribution in [3.8, 4) is 5.75 Å². The molecular formula is C34H37ClN8O5. The molecule has 0 radical (unpaired) electrons. The van der Waals surface area contributed by atoms with Crippen LogP contribution in [0.2, 0.25) is 5.02 Å². The number of rotatable bonds is 10. The first-order chi connectivity index (χ1) is 23.2. The minimum atomic E-state index is -0.340. The maximum atomic E-state index is 12.7. The number of pyridine rings is 1. The number of benzene rings is 2. The maximum absolute atomic E-state index is 12.7. The quantitative estimate of drug-likeness (QED) is 0.183. The molecule has 2 atom stereocenters. The summed E-state index contributed by atoms with van der Waals surface area (Å²) in [7, 11) is 3.15. The number of fused-ring (bicyclic) bond motifs is 1. The zero-order valence-electron chi connectivity index (χ0n) is 26.7. The smallest absolute Gasteiger partial charge is 0.293 e. The van der Waals surface area contributed by atoms with Crippen molar-refractivity contribution in [3.05, 3.63) is 75.7 Å². The van der Waals surface area contributed by atoms with Crippen molar-refractivity contribution in [1.29, 1.82) is 0 Å². The zero-order valence-corrected chi connectivity index (χ0v) is 27.5. The molecule has 0 spiro atoms. The van der Waals surface area contributed by atoms with E-state index in [1.807, 2.05) is 42.5 Å². The molecule has 0 bridgehead atoms. The standard InChI is InChI=1S/C34H37ClN8O5/c1-36-30(45)19-48-28-15-22-14-24(9-11-27(22)42(2)33(28)47)39-31-26(35)17-38-34(41-31)43-13-3-4-20(18-43)16-37-23-7-5-21(6-8-23)25-10-12-29(44)40-32(25)46/h5-9,11,14-15,17,20,25,37H,3-4,10,12-13,16,18-19H2,1-2H3,(H,36,45)(H,38,39,41)(H,40,44,46). The second-order valence-corrected chi connectivity index (χ2v) is 12.5. The second kappa shape index (κ2) is 14.3. The molecule has 0 saturated carbocycles.